The first kappa shape index (κ1) is 25.2. The van der Waals surface area contributed by atoms with E-state index in [1.807, 2.05) is 75.4 Å². The van der Waals surface area contributed by atoms with Crippen LogP contribution in [0.3, 0.4) is 0 Å². The molecule has 0 spiro atoms. The predicted octanol–water partition coefficient (Wildman–Crippen LogP) is 3.83. The highest BCUT2D eigenvalue weighted by atomic mass is 16.5. The van der Waals surface area contributed by atoms with E-state index < -0.39 is 5.54 Å². The molecular formula is C26H34N4O4. The third-order valence-corrected chi connectivity index (χ3v) is 5.41. The summed E-state index contributed by atoms with van der Waals surface area (Å²) in [5.74, 6) is 0.470. The first-order valence-electron chi connectivity index (χ1n) is 11.4. The molecule has 0 bridgehead atoms. The molecule has 1 aliphatic rings. The van der Waals surface area contributed by atoms with Crippen molar-refractivity contribution in [3.63, 3.8) is 0 Å². The van der Waals surface area contributed by atoms with Crippen LogP contribution in [0.15, 0.2) is 59.7 Å². The fourth-order valence-corrected chi connectivity index (χ4v) is 3.74. The van der Waals surface area contributed by atoms with Crippen molar-refractivity contribution in [1.82, 2.24) is 15.2 Å². The maximum atomic E-state index is 13.5. The number of nitrogens with one attached hydrogen (secondary N) is 1. The van der Waals surface area contributed by atoms with E-state index in [4.69, 9.17) is 14.6 Å². The highest BCUT2D eigenvalue weighted by Gasteiger charge is 2.34. The first-order chi connectivity index (χ1) is 16.2. The lowest BCUT2D eigenvalue weighted by atomic mass is 9.98. The molecule has 0 fully saturated rings. The van der Waals surface area contributed by atoms with E-state index in [1.54, 1.807) is 14.2 Å². The standard InChI is InChI=1S/C26H34N4O4/c1-26(2,3)27-25(32)29(14-15-33-4)18-24(31)30-23(19-10-7-6-8-11-19)17-22(28-30)20-12-9-13-21(16-20)34-5/h6-13,16,23H,14-15,17-18H2,1-5H3,(H,27,32). The number of benzene rings is 2. The van der Waals surface area contributed by atoms with Crippen LogP contribution in [0.4, 0.5) is 4.79 Å². The van der Waals surface area contributed by atoms with Crippen LogP contribution in [0, 0.1) is 0 Å². The molecule has 0 radical (unpaired) electrons. The van der Waals surface area contributed by atoms with Gasteiger partial charge in [-0.2, -0.15) is 5.10 Å². The van der Waals surface area contributed by atoms with Gasteiger partial charge in [-0.3, -0.25) is 4.79 Å². The second-order valence-electron chi connectivity index (χ2n) is 9.24. The van der Waals surface area contributed by atoms with E-state index in [1.165, 1.54) is 9.91 Å². The van der Waals surface area contributed by atoms with Gasteiger partial charge in [-0.25, -0.2) is 9.80 Å². The van der Waals surface area contributed by atoms with Crippen molar-refractivity contribution in [3.8, 4) is 5.75 Å². The van der Waals surface area contributed by atoms with Crippen molar-refractivity contribution >= 4 is 17.6 Å². The number of hydrogen-bond donors (Lipinski definition) is 1. The van der Waals surface area contributed by atoms with Gasteiger partial charge in [0.15, 0.2) is 0 Å². The van der Waals surface area contributed by atoms with Gasteiger partial charge in [0.25, 0.3) is 5.91 Å². The van der Waals surface area contributed by atoms with Gasteiger partial charge in [-0.1, -0.05) is 42.5 Å². The highest BCUT2D eigenvalue weighted by Crippen LogP contribution is 2.33. The third-order valence-electron chi connectivity index (χ3n) is 5.41. The van der Waals surface area contributed by atoms with E-state index in [0.29, 0.717) is 19.6 Å². The molecular weight excluding hydrogens is 432 g/mol. The van der Waals surface area contributed by atoms with E-state index in [-0.39, 0.29) is 24.5 Å². The Balaban J connectivity index is 1.88. The van der Waals surface area contributed by atoms with Gasteiger partial charge in [0.05, 0.1) is 25.5 Å². The minimum Gasteiger partial charge on any atom is -0.497 e. The molecule has 0 aromatic heterocycles. The lowest BCUT2D eigenvalue weighted by molar-refractivity contribution is -0.133. The molecule has 1 N–H and O–H groups in total. The van der Waals surface area contributed by atoms with Gasteiger partial charge >= 0.3 is 6.03 Å². The van der Waals surface area contributed by atoms with Crippen LogP contribution in [-0.4, -0.2) is 67.0 Å². The van der Waals surface area contributed by atoms with Crippen LogP contribution >= 0.6 is 0 Å². The number of rotatable bonds is 8. The van der Waals surface area contributed by atoms with Crippen molar-refractivity contribution < 1.29 is 19.1 Å². The van der Waals surface area contributed by atoms with Crippen molar-refractivity contribution in [2.75, 3.05) is 33.9 Å². The minimum absolute atomic E-state index is 0.108. The molecule has 3 amide bonds. The van der Waals surface area contributed by atoms with Crippen molar-refractivity contribution in [2.24, 2.45) is 5.10 Å². The van der Waals surface area contributed by atoms with Crippen LogP contribution in [-0.2, 0) is 9.53 Å². The van der Waals surface area contributed by atoms with Gasteiger partial charge in [0.2, 0.25) is 0 Å². The topological polar surface area (TPSA) is 83.5 Å². The van der Waals surface area contributed by atoms with E-state index in [9.17, 15) is 9.59 Å². The molecule has 8 nitrogen and oxygen atoms in total. The number of hydrogen-bond acceptors (Lipinski definition) is 5. The summed E-state index contributed by atoms with van der Waals surface area (Å²) < 4.78 is 10.5. The van der Waals surface area contributed by atoms with Gasteiger partial charge in [0, 0.05) is 31.2 Å². The SMILES string of the molecule is COCCN(CC(=O)N1N=C(c2cccc(OC)c2)CC1c1ccccc1)C(=O)NC(C)(C)C. The fourth-order valence-electron chi connectivity index (χ4n) is 3.74. The lowest BCUT2D eigenvalue weighted by Crippen LogP contribution is -2.52. The Morgan fingerprint density at radius 3 is 2.50 bits per heavy atom. The Morgan fingerprint density at radius 1 is 1.12 bits per heavy atom. The Hall–Kier alpha value is -3.39. The van der Waals surface area contributed by atoms with Crippen LogP contribution in [0.2, 0.25) is 0 Å². The fraction of sp³-hybridized carbons (Fsp3) is 0.423. The summed E-state index contributed by atoms with van der Waals surface area (Å²) in [5, 5.41) is 9.15. The van der Waals surface area contributed by atoms with E-state index >= 15 is 0 Å². The molecule has 3 rings (SSSR count). The molecule has 1 unspecified atom stereocenters. The smallest absolute Gasteiger partial charge is 0.318 e. The molecule has 0 saturated carbocycles. The lowest BCUT2D eigenvalue weighted by Gasteiger charge is -2.30. The largest absolute Gasteiger partial charge is 0.497 e. The van der Waals surface area contributed by atoms with Gasteiger partial charge in [0.1, 0.15) is 12.3 Å². The molecule has 182 valence electrons. The molecule has 1 atom stereocenters. The van der Waals surface area contributed by atoms with Crippen molar-refractivity contribution in [2.45, 2.75) is 38.8 Å². The quantitative estimate of drug-likeness (QED) is 0.641. The Labute approximate surface area is 201 Å². The third kappa shape index (κ3) is 6.57. The number of urea groups is 1. The minimum atomic E-state index is -0.427. The van der Waals surface area contributed by atoms with Crippen LogP contribution < -0.4 is 10.1 Å². The zero-order valence-electron chi connectivity index (χ0n) is 20.6. The number of carbonyl (C=O) groups is 2. The average molecular weight is 467 g/mol. The summed E-state index contributed by atoms with van der Waals surface area (Å²) in [7, 11) is 3.19. The Bertz CT molecular complexity index is 1020. The predicted molar refractivity (Wildman–Crippen MR) is 132 cm³/mol. The summed E-state index contributed by atoms with van der Waals surface area (Å²) >= 11 is 0. The number of methoxy groups -OCH3 is 2. The molecule has 8 heteroatoms. The zero-order valence-corrected chi connectivity index (χ0v) is 20.6. The van der Waals surface area contributed by atoms with Crippen LogP contribution in [0.5, 0.6) is 5.75 Å². The summed E-state index contributed by atoms with van der Waals surface area (Å²) in [4.78, 5) is 27.8. The van der Waals surface area contributed by atoms with Crippen LogP contribution in [0.1, 0.15) is 44.4 Å². The number of nitrogens with zero attached hydrogens (tertiary/aromatic N) is 3. The normalized spacial score (nSPS) is 15.6. The number of ether oxygens (including phenoxy) is 2. The summed E-state index contributed by atoms with van der Waals surface area (Å²) in [6.07, 6.45) is 0.565. The molecule has 1 heterocycles. The summed E-state index contributed by atoms with van der Waals surface area (Å²) in [5.41, 5.74) is 2.25. The van der Waals surface area contributed by atoms with Gasteiger partial charge in [-0.15, -0.1) is 0 Å². The maximum absolute atomic E-state index is 13.5. The zero-order chi connectivity index (χ0) is 24.7. The van der Waals surface area contributed by atoms with Crippen molar-refractivity contribution in [3.05, 3.63) is 65.7 Å². The number of amides is 3. The van der Waals surface area contributed by atoms with Gasteiger partial charge < -0.3 is 19.7 Å². The Morgan fingerprint density at radius 2 is 1.85 bits per heavy atom. The van der Waals surface area contributed by atoms with Crippen LogP contribution in [0.25, 0.3) is 0 Å². The maximum Gasteiger partial charge on any atom is 0.318 e. The number of carbonyl (C=O) groups excluding carboxylic acids is 2. The van der Waals surface area contributed by atoms with Crippen molar-refractivity contribution in [1.29, 1.82) is 0 Å². The molecule has 0 aliphatic carbocycles. The molecule has 34 heavy (non-hydrogen) atoms. The van der Waals surface area contributed by atoms with Gasteiger partial charge in [-0.05, 0) is 38.5 Å². The molecule has 2 aromatic rings. The first-order valence-corrected chi connectivity index (χ1v) is 11.4. The molecule has 2 aromatic carbocycles. The summed E-state index contributed by atoms with van der Waals surface area (Å²) in [6, 6.07) is 16.9. The molecule has 1 aliphatic heterocycles. The second-order valence-corrected chi connectivity index (χ2v) is 9.24. The molecule has 0 saturated heterocycles. The Kier molecular flexibility index (Phi) is 8.28. The monoisotopic (exact) mass is 466 g/mol. The average Bonchev–Trinajstić information content (AvgIpc) is 3.27. The van der Waals surface area contributed by atoms with E-state index in [0.717, 1.165) is 22.6 Å². The second kappa shape index (κ2) is 11.2. The highest BCUT2D eigenvalue weighted by molar-refractivity contribution is 6.03. The number of hydrazone groups is 1. The van der Waals surface area contributed by atoms with E-state index in [2.05, 4.69) is 5.32 Å². The summed E-state index contributed by atoms with van der Waals surface area (Å²) in [6.45, 7) is 6.21.